The lowest BCUT2D eigenvalue weighted by Crippen LogP contribution is -2.16. The Balaban J connectivity index is 1.84. The first kappa shape index (κ1) is 15.8. The van der Waals surface area contributed by atoms with Crippen LogP contribution in [0.2, 0.25) is 0 Å². The number of hydrogen-bond acceptors (Lipinski definition) is 5. The molecule has 1 aromatic carbocycles. The molecule has 0 fully saturated rings. The Morgan fingerprint density at radius 1 is 1.22 bits per heavy atom. The van der Waals surface area contributed by atoms with Crippen molar-refractivity contribution in [3.8, 4) is 0 Å². The maximum Gasteiger partial charge on any atom is 0.138 e. The molecule has 2 aromatic heterocycles. The van der Waals surface area contributed by atoms with Crippen LogP contribution in [0.5, 0.6) is 0 Å². The van der Waals surface area contributed by atoms with Crippen LogP contribution in [0.15, 0.2) is 29.6 Å². The Bertz CT molecular complexity index is 817. The molecule has 0 aliphatic carbocycles. The van der Waals surface area contributed by atoms with Gasteiger partial charge in [0.15, 0.2) is 0 Å². The van der Waals surface area contributed by atoms with E-state index in [0.29, 0.717) is 18.1 Å². The van der Waals surface area contributed by atoms with Gasteiger partial charge < -0.3 is 10.4 Å². The van der Waals surface area contributed by atoms with Gasteiger partial charge >= 0.3 is 0 Å². The molecular formula is C16H15F2N3OS. The third kappa shape index (κ3) is 3.16. The lowest BCUT2D eigenvalue weighted by Gasteiger charge is -2.15. The van der Waals surface area contributed by atoms with Crippen LogP contribution in [0.25, 0.3) is 10.2 Å². The van der Waals surface area contributed by atoms with Crippen LogP contribution in [-0.4, -0.2) is 21.6 Å². The van der Waals surface area contributed by atoms with Gasteiger partial charge in [-0.2, -0.15) is 0 Å². The molecule has 0 unspecified atom stereocenters. The Morgan fingerprint density at radius 2 is 1.96 bits per heavy atom. The second-order valence-electron chi connectivity index (χ2n) is 5.01. The van der Waals surface area contributed by atoms with Crippen molar-refractivity contribution < 1.29 is 13.9 Å². The highest BCUT2D eigenvalue weighted by Crippen LogP contribution is 2.26. The van der Waals surface area contributed by atoms with Gasteiger partial charge in [-0.15, -0.1) is 11.3 Å². The first-order valence-electron chi connectivity index (χ1n) is 7.20. The van der Waals surface area contributed by atoms with E-state index in [4.69, 9.17) is 0 Å². The predicted molar refractivity (Wildman–Crippen MR) is 86.6 cm³/mol. The second-order valence-corrected chi connectivity index (χ2v) is 5.91. The Hall–Kier alpha value is -2.12. The number of nitrogens with one attached hydrogen (secondary N) is 1. The molecule has 2 N–H and O–H groups in total. The van der Waals surface area contributed by atoms with Gasteiger partial charge in [0.1, 0.15) is 34.2 Å². The van der Waals surface area contributed by atoms with Gasteiger partial charge in [0, 0.05) is 13.0 Å². The minimum atomic E-state index is -1.31. The van der Waals surface area contributed by atoms with Crippen LogP contribution >= 0.6 is 11.3 Å². The van der Waals surface area contributed by atoms with E-state index in [0.717, 1.165) is 22.3 Å². The first-order valence-corrected chi connectivity index (χ1v) is 8.08. The molecule has 120 valence electrons. The Morgan fingerprint density at radius 3 is 2.65 bits per heavy atom. The predicted octanol–water partition coefficient (Wildman–Crippen LogP) is 3.68. The van der Waals surface area contributed by atoms with Crippen molar-refractivity contribution in [2.75, 3.05) is 11.9 Å². The highest BCUT2D eigenvalue weighted by atomic mass is 32.1. The monoisotopic (exact) mass is 335 g/mol. The number of nitrogens with zero attached hydrogens (tertiary/aromatic N) is 2. The minimum absolute atomic E-state index is 0.0526. The summed E-state index contributed by atoms with van der Waals surface area (Å²) in [5.74, 6) is -0.299. The van der Waals surface area contributed by atoms with Gasteiger partial charge in [-0.3, -0.25) is 0 Å². The van der Waals surface area contributed by atoms with Crippen LogP contribution < -0.4 is 5.32 Å². The van der Waals surface area contributed by atoms with Gasteiger partial charge in [-0.25, -0.2) is 18.7 Å². The van der Waals surface area contributed by atoms with Gasteiger partial charge in [0.05, 0.1) is 10.9 Å². The van der Waals surface area contributed by atoms with Crippen molar-refractivity contribution in [1.82, 2.24) is 9.97 Å². The van der Waals surface area contributed by atoms with Crippen molar-refractivity contribution in [2.45, 2.75) is 19.4 Å². The number of hydrogen-bond donors (Lipinski definition) is 2. The molecule has 7 heteroatoms. The molecule has 2 heterocycles. The summed E-state index contributed by atoms with van der Waals surface area (Å²) in [5, 5.41) is 15.8. The lowest BCUT2D eigenvalue weighted by atomic mass is 10.1. The van der Waals surface area contributed by atoms with Crippen LogP contribution in [0.1, 0.15) is 24.4 Å². The van der Waals surface area contributed by atoms with Crippen molar-refractivity contribution in [1.29, 1.82) is 0 Å². The Labute approximate surface area is 135 Å². The number of thiophene rings is 1. The molecule has 0 bridgehead atoms. The summed E-state index contributed by atoms with van der Waals surface area (Å²) in [4.78, 5) is 9.64. The molecule has 3 rings (SSSR count). The largest absolute Gasteiger partial charge is 0.386 e. The SMILES string of the molecule is CCc1nc(NC[C@@H](O)c2c(F)cccc2F)c2ccsc2n1. The standard InChI is InChI=1S/C16H15F2N3OS/c1-2-13-20-15(9-6-7-23-16(9)21-13)19-8-12(22)14-10(17)4-3-5-11(14)18/h3-7,12,22H,2,8H2,1H3,(H,19,20,21)/t12-/m1/s1. The Kier molecular flexibility index (Phi) is 4.49. The second kappa shape index (κ2) is 6.55. The number of aromatic nitrogens is 2. The van der Waals surface area contributed by atoms with E-state index >= 15 is 0 Å². The van der Waals surface area contributed by atoms with E-state index in [-0.39, 0.29) is 12.1 Å². The molecule has 0 saturated carbocycles. The zero-order chi connectivity index (χ0) is 16.4. The highest BCUT2D eigenvalue weighted by molar-refractivity contribution is 7.16. The van der Waals surface area contributed by atoms with E-state index in [1.807, 2.05) is 18.4 Å². The third-order valence-corrected chi connectivity index (χ3v) is 4.29. The zero-order valence-corrected chi connectivity index (χ0v) is 13.2. The maximum atomic E-state index is 13.7. The van der Waals surface area contributed by atoms with Crippen LogP contribution in [-0.2, 0) is 6.42 Å². The number of rotatable bonds is 5. The van der Waals surface area contributed by atoms with E-state index in [2.05, 4.69) is 15.3 Å². The number of aliphatic hydroxyl groups excluding tert-OH is 1. The molecule has 4 nitrogen and oxygen atoms in total. The molecule has 0 saturated heterocycles. The summed E-state index contributed by atoms with van der Waals surface area (Å²) >= 11 is 1.49. The smallest absolute Gasteiger partial charge is 0.138 e. The fourth-order valence-electron chi connectivity index (χ4n) is 2.32. The maximum absolute atomic E-state index is 13.7. The third-order valence-electron chi connectivity index (χ3n) is 3.48. The summed E-state index contributed by atoms with van der Waals surface area (Å²) in [6.45, 7) is 1.89. The van der Waals surface area contributed by atoms with Crippen molar-refractivity contribution in [3.63, 3.8) is 0 Å². The topological polar surface area (TPSA) is 58.0 Å². The van der Waals surface area contributed by atoms with Crippen molar-refractivity contribution in [3.05, 3.63) is 52.7 Å². The minimum Gasteiger partial charge on any atom is -0.386 e. The number of aryl methyl sites for hydroxylation is 1. The number of fused-ring (bicyclic) bond motifs is 1. The highest BCUT2D eigenvalue weighted by Gasteiger charge is 2.18. The molecule has 0 radical (unpaired) electrons. The summed E-state index contributed by atoms with van der Waals surface area (Å²) < 4.78 is 27.4. The van der Waals surface area contributed by atoms with Crippen molar-refractivity contribution in [2.24, 2.45) is 0 Å². The van der Waals surface area contributed by atoms with E-state index in [1.54, 1.807) is 0 Å². The van der Waals surface area contributed by atoms with E-state index in [9.17, 15) is 13.9 Å². The summed E-state index contributed by atoms with van der Waals surface area (Å²) in [6.07, 6.45) is -0.641. The lowest BCUT2D eigenvalue weighted by molar-refractivity contribution is 0.181. The summed E-state index contributed by atoms with van der Waals surface area (Å²) in [7, 11) is 0. The molecule has 0 aliphatic heterocycles. The fraction of sp³-hybridized carbons (Fsp3) is 0.250. The normalized spacial score (nSPS) is 12.5. The van der Waals surface area contributed by atoms with Gasteiger partial charge in [-0.1, -0.05) is 13.0 Å². The van der Waals surface area contributed by atoms with Crippen LogP contribution in [0.4, 0.5) is 14.6 Å². The van der Waals surface area contributed by atoms with Crippen LogP contribution in [0.3, 0.4) is 0 Å². The number of halogens is 2. The summed E-state index contributed by atoms with van der Waals surface area (Å²) in [6, 6.07) is 5.39. The quantitative estimate of drug-likeness (QED) is 0.747. The van der Waals surface area contributed by atoms with Crippen LogP contribution in [0, 0.1) is 11.6 Å². The zero-order valence-electron chi connectivity index (χ0n) is 12.4. The number of aliphatic hydroxyl groups is 1. The molecule has 0 aliphatic rings. The molecule has 1 atom stereocenters. The average Bonchev–Trinajstić information content (AvgIpc) is 3.00. The van der Waals surface area contributed by atoms with E-state index in [1.165, 1.54) is 17.4 Å². The van der Waals surface area contributed by atoms with Gasteiger partial charge in [0.2, 0.25) is 0 Å². The molecule has 23 heavy (non-hydrogen) atoms. The average molecular weight is 335 g/mol. The molecule has 0 spiro atoms. The van der Waals surface area contributed by atoms with Crippen molar-refractivity contribution >= 4 is 27.4 Å². The summed E-state index contributed by atoms with van der Waals surface area (Å²) in [5.41, 5.74) is -0.341. The number of benzene rings is 1. The number of anilines is 1. The molecule has 0 amide bonds. The van der Waals surface area contributed by atoms with Gasteiger partial charge in [-0.05, 0) is 23.6 Å². The fourth-order valence-corrected chi connectivity index (χ4v) is 3.10. The molecular weight excluding hydrogens is 320 g/mol. The van der Waals surface area contributed by atoms with Gasteiger partial charge in [0.25, 0.3) is 0 Å². The molecule has 3 aromatic rings. The van der Waals surface area contributed by atoms with E-state index < -0.39 is 17.7 Å². The first-order chi connectivity index (χ1) is 11.1.